The maximum atomic E-state index is 12.3. The molecule has 3 amide bonds. The summed E-state index contributed by atoms with van der Waals surface area (Å²) in [4.78, 5) is 37.0. The number of hydrogen-bond acceptors (Lipinski definition) is 3. The van der Waals surface area contributed by atoms with Crippen molar-refractivity contribution in [3.63, 3.8) is 0 Å². The van der Waals surface area contributed by atoms with Crippen molar-refractivity contribution < 1.29 is 14.4 Å². The lowest BCUT2D eigenvalue weighted by Crippen LogP contribution is -2.48. The molecule has 126 valence electrons. The van der Waals surface area contributed by atoms with Crippen LogP contribution < -0.4 is 11.1 Å². The van der Waals surface area contributed by atoms with Gasteiger partial charge < -0.3 is 16.0 Å². The number of primary amides is 1. The number of nitrogens with zero attached hydrogens (tertiary/aromatic N) is 1. The first-order valence-corrected chi connectivity index (χ1v) is 8.33. The molecule has 0 spiro atoms. The molecule has 6 nitrogen and oxygen atoms in total. The Morgan fingerprint density at radius 3 is 2.64 bits per heavy atom. The molecule has 6 heteroatoms. The number of carbonyl (C=O) groups excluding carboxylic acids is 3. The van der Waals surface area contributed by atoms with Crippen molar-refractivity contribution in [3.8, 4) is 0 Å². The highest BCUT2D eigenvalue weighted by Crippen LogP contribution is 2.19. The fourth-order valence-electron chi connectivity index (χ4n) is 2.78. The first-order chi connectivity index (χ1) is 10.5. The van der Waals surface area contributed by atoms with E-state index >= 15 is 0 Å². The minimum Gasteiger partial charge on any atom is -0.370 e. The molecule has 0 bridgehead atoms. The molecule has 0 aliphatic carbocycles. The van der Waals surface area contributed by atoms with E-state index in [1.165, 1.54) is 0 Å². The van der Waals surface area contributed by atoms with Crippen molar-refractivity contribution in [2.24, 2.45) is 5.73 Å². The second-order valence-corrected chi connectivity index (χ2v) is 6.12. The van der Waals surface area contributed by atoms with Gasteiger partial charge in [0.1, 0.15) is 6.04 Å². The molecule has 1 rings (SSSR count). The van der Waals surface area contributed by atoms with E-state index in [-0.39, 0.29) is 36.2 Å². The molecule has 2 atom stereocenters. The largest absolute Gasteiger partial charge is 0.370 e. The van der Waals surface area contributed by atoms with Gasteiger partial charge in [-0.3, -0.25) is 14.4 Å². The summed E-state index contributed by atoms with van der Waals surface area (Å²) in [6, 6.07) is -0.470. The normalized spacial score (nSPS) is 19.0. The van der Waals surface area contributed by atoms with Gasteiger partial charge in [0.2, 0.25) is 17.7 Å². The van der Waals surface area contributed by atoms with Crippen molar-refractivity contribution in [2.75, 3.05) is 6.54 Å². The number of rotatable bonds is 9. The molecule has 1 saturated heterocycles. The van der Waals surface area contributed by atoms with Crippen LogP contribution in [0.1, 0.15) is 65.2 Å². The molecule has 2 unspecified atom stereocenters. The third-order valence-corrected chi connectivity index (χ3v) is 4.08. The van der Waals surface area contributed by atoms with Crippen LogP contribution in [0, 0.1) is 0 Å². The molecule has 0 aromatic carbocycles. The maximum absolute atomic E-state index is 12.3. The van der Waals surface area contributed by atoms with Crippen LogP contribution in [0.15, 0.2) is 0 Å². The molecule has 1 aliphatic rings. The zero-order valence-electron chi connectivity index (χ0n) is 13.8. The summed E-state index contributed by atoms with van der Waals surface area (Å²) in [5.41, 5.74) is 5.11. The quantitative estimate of drug-likeness (QED) is 0.629. The van der Waals surface area contributed by atoms with Crippen molar-refractivity contribution in [2.45, 2.75) is 77.3 Å². The minimum absolute atomic E-state index is 0.0795. The molecule has 22 heavy (non-hydrogen) atoms. The Hall–Kier alpha value is -1.59. The van der Waals surface area contributed by atoms with Crippen molar-refractivity contribution in [1.82, 2.24) is 10.2 Å². The van der Waals surface area contributed by atoms with Crippen LogP contribution in [0.25, 0.3) is 0 Å². The van der Waals surface area contributed by atoms with Gasteiger partial charge in [-0.1, -0.05) is 19.8 Å². The van der Waals surface area contributed by atoms with E-state index in [0.717, 1.165) is 25.7 Å². The lowest BCUT2D eigenvalue weighted by Gasteiger charge is -2.25. The first kappa shape index (κ1) is 18.5. The highest BCUT2D eigenvalue weighted by atomic mass is 16.2. The fourth-order valence-corrected chi connectivity index (χ4v) is 2.78. The second-order valence-electron chi connectivity index (χ2n) is 6.12. The van der Waals surface area contributed by atoms with Gasteiger partial charge >= 0.3 is 0 Å². The number of nitrogens with two attached hydrogens (primary N) is 1. The molecule has 0 aromatic heterocycles. The number of unbranched alkanes of at least 4 members (excludes halogenated alkanes) is 2. The molecule has 1 heterocycles. The van der Waals surface area contributed by atoms with Gasteiger partial charge in [-0.2, -0.15) is 0 Å². The van der Waals surface area contributed by atoms with E-state index in [1.54, 1.807) is 4.90 Å². The van der Waals surface area contributed by atoms with Crippen LogP contribution in [0.4, 0.5) is 0 Å². The predicted molar refractivity (Wildman–Crippen MR) is 84.9 cm³/mol. The van der Waals surface area contributed by atoms with Gasteiger partial charge in [0, 0.05) is 25.4 Å². The minimum atomic E-state index is -0.366. The number of amides is 3. The van der Waals surface area contributed by atoms with Gasteiger partial charge in [0.15, 0.2) is 0 Å². The molecular formula is C16H29N3O3. The molecule has 1 aliphatic heterocycles. The van der Waals surface area contributed by atoms with Crippen molar-refractivity contribution in [1.29, 1.82) is 0 Å². The van der Waals surface area contributed by atoms with E-state index in [2.05, 4.69) is 12.2 Å². The Morgan fingerprint density at radius 2 is 2.00 bits per heavy atom. The summed E-state index contributed by atoms with van der Waals surface area (Å²) in [6.45, 7) is 4.62. The third kappa shape index (κ3) is 6.03. The average Bonchev–Trinajstić information content (AvgIpc) is 2.94. The van der Waals surface area contributed by atoms with Crippen LogP contribution in [0.5, 0.6) is 0 Å². The maximum Gasteiger partial charge on any atom is 0.243 e. The number of likely N-dealkylation sites (tertiary alicyclic amines) is 1. The SMILES string of the molecule is CCCCCC(=O)N1CCCC1C(=O)NC(C)CCC(N)=O. The van der Waals surface area contributed by atoms with Gasteiger partial charge in [-0.25, -0.2) is 0 Å². The van der Waals surface area contributed by atoms with Crippen LogP contribution in [0.3, 0.4) is 0 Å². The van der Waals surface area contributed by atoms with Gasteiger partial charge in [0.05, 0.1) is 0 Å². The molecule has 0 saturated carbocycles. The fraction of sp³-hybridized carbons (Fsp3) is 0.812. The van der Waals surface area contributed by atoms with E-state index < -0.39 is 0 Å². The highest BCUT2D eigenvalue weighted by Gasteiger charge is 2.33. The predicted octanol–water partition coefficient (Wildman–Crippen LogP) is 1.33. The van der Waals surface area contributed by atoms with Crippen LogP contribution in [-0.2, 0) is 14.4 Å². The van der Waals surface area contributed by atoms with Crippen molar-refractivity contribution in [3.05, 3.63) is 0 Å². The summed E-state index contributed by atoms with van der Waals surface area (Å²) in [7, 11) is 0. The standard InChI is InChI=1S/C16H29N3O3/c1-3-4-5-8-15(21)19-11-6-7-13(19)16(22)18-12(2)9-10-14(17)20/h12-13H,3-11H2,1-2H3,(H2,17,20)(H,18,22). The first-order valence-electron chi connectivity index (χ1n) is 8.33. The van der Waals surface area contributed by atoms with Gasteiger partial charge in [-0.15, -0.1) is 0 Å². The zero-order valence-corrected chi connectivity index (χ0v) is 13.8. The summed E-state index contributed by atoms with van der Waals surface area (Å²) in [5.74, 6) is -0.399. The molecule has 3 N–H and O–H groups in total. The highest BCUT2D eigenvalue weighted by molar-refractivity contribution is 5.88. The zero-order chi connectivity index (χ0) is 16.5. The molecule has 1 fully saturated rings. The summed E-state index contributed by atoms with van der Waals surface area (Å²) < 4.78 is 0. The Balaban J connectivity index is 2.45. The third-order valence-electron chi connectivity index (χ3n) is 4.08. The Kier molecular flexibility index (Phi) is 7.91. The lowest BCUT2D eigenvalue weighted by molar-refractivity contribution is -0.138. The number of hydrogen-bond donors (Lipinski definition) is 2. The monoisotopic (exact) mass is 311 g/mol. The van der Waals surface area contributed by atoms with E-state index in [9.17, 15) is 14.4 Å². The van der Waals surface area contributed by atoms with Gasteiger partial charge in [-0.05, 0) is 32.6 Å². The van der Waals surface area contributed by atoms with E-state index in [4.69, 9.17) is 5.73 Å². The van der Waals surface area contributed by atoms with E-state index in [1.807, 2.05) is 6.92 Å². The summed E-state index contributed by atoms with van der Waals surface area (Å²) in [6.07, 6.45) is 5.89. The number of carbonyl (C=O) groups is 3. The Bertz CT molecular complexity index is 398. The molecular weight excluding hydrogens is 282 g/mol. The second kappa shape index (κ2) is 9.43. The van der Waals surface area contributed by atoms with Crippen LogP contribution in [-0.4, -0.2) is 41.2 Å². The smallest absolute Gasteiger partial charge is 0.243 e. The topological polar surface area (TPSA) is 92.5 Å². The molecule has 0 aromatic rings. The van der Waals surface area contributed by atoms with Crippen LogP contribution >= 0.6 is 0 Å². The molecule has 0 radical (unpaired) electrons. The van der Waals surface area contributed by atoms with Crippen LogP contribution in [0.2, 0.25) is 0 Å². The Labute approximate surface area is 132 Å². The van der Waals surface area contributed by atoms with Gasteiger partial charge in [0.25, 0.3) is 0 Å². The van der Waals surface area contributed by atoms with Crippen molar-refractivity contribution >= 4 is 17.7 Å². The van der Waals surface area contributed by atoms with E-state index in [0.29, 0.717) is 25.8 Å². The number of nitrogens with one attached hydrogen (secondary N) is 1. The Morgan fingerprint density at radius 1 is 1.27 bits per heavy atom. The summed E-state index contributed by atoms with van der Waals surface area (Å²) in [5, 5.41) is 2.89. The lowest BCUT2D eigenvalue weighted by atomic mass is 10.1. The average molecular weight is 311 g/mol. The summed E-state index contributed by atoms with van der Waals surface area (Å²) >= 11 is 0.